The summed E-state index contributed by atoms with van der Waals surface area (Å²) in [5, 5.41) is 3.15. The van der Waals surface area contributed by atoms with Crippen molar-refractivity contribution in [3.05, 3.63) is 21.4 Å². The average molecular weight is 390 g/mol. The van der Waals surface area contributed by atoms with Crippen molar-refractivity contribution < 1.29 is 9.59 Å². The number of carbonyl (C=O) groups excluding carboxylic acids is 2. The standard InChI is InChI=1S/C21H31N3O2S/c25-20(22-8-13-23-9-2-1-3-10-23)16-6-7-18-17(14-16)15-19(27-18)21(26)24-11-4-5-12-24/h15-16H,1-14H2,(H,22,25). The molecule has 4 rings (SSSR count). The number of likely N-dealkylation sites (tertiary alicyclic amines) is 2. The van der Waals surface area contributed by atoms with Crippen LogP contribution in [0, 0.1) is 5.92 Å². The zero-order chi connectivity index (χ0) is 18.6. The van der Waals surface area contributed by atoms with Gasteiger partial charge in [0, 0.05) is 37.0 Å². The number of hydrogen-bond donors (Lipinski definition) is 1. The van der Waals surface area contributed by atoms with Crippen LogP contribution < -0.4 is 5.32 Å². The SMILES string of the molecule is O=C(NCCN1CCCCC1)C1CCc2sc(C(=O)N3CCCC3)cc2C1. The summed E-state index contributed by atoms with van der Waals surface area (Å²) in [4.78, 5) is 31.8. The number of nitrogens with zero attached hydrogens (tertiary/aromatic N) is 2. The highest BCUT2D eigenvalue weighted by Crippen LogP contribution is 2.33. The highest BCUT2D eigenvalue weighted by molar-refractivity contribution is 7.14. The third-order valence-corrected chi connectivity index (χ3v) is 7.46. The number of thiophene rings is 1. The van der Waals surface area contributed by atoms with Crippen LogP contribution in [0.4, 0.5) is 0 Å². The Morgan fingerprint density at radius 3 is 2.59 bits per heavy atom. The second-order valence-electron chi connectivity index (χ2n) is 8.19. The number of nitrogens with one attached hydrogen (secondary N) is 1. The van der Waals surface area contributed by atoms with Gasteiger partial charge in [-0.05, 0) is 69.7 Å². The lowest BCUT2D eigenvalue weighted by molar-refractivity contribution is -0.125. The highest BCUT2D eigenvalue weighted by Gasteiger charge is 2.29. The van der Waals surface area contributed by atoms with Gasteiger partial charge in [-0.15, -0.1) is 11.3 Å². The zero-order valence-corrected chi connectivity index (χ0v) is 17.0. The van der Waals surface area contributed by atoms with Crippen molar-refractivity contribution in [2.75, 3.05) is 39.3 Å². The molecule has 2 fully saturated rings. The molecule has 0 radical (unpaired) electrons. The maximum atomic E-state index is 12.6. The third-order valence-electron chi connectivity index (χ3n) is 6.23. The summed E-state index contributed by atoms with van der Waals surface area (Å²) in [5.74, 6) is 0.439. The van der Waals surface area contributed by atoms with Crippen LogP contribution in [0.2, 0.25) is 0 Å². The van der Waals surface area contributed by atoms with Crippen molar-refractivity contribution in [2.45, 2.75) is 51.4 Å². The maximum absolute atomic E-state index is 12.6. The van der Waals surface area contributed by atoms with Gasteiger partial charge in [-0.2, -0.15) is 0 Å². The van der Waals surface area contributed by atoms with Gasteiger partial charge in [0.15, 0.2) is 0 Å². The molecule has 3 heterocycles. The number of carbonyl (C=O) groups is 2. The van der Waals surface area contributed by atoms with E-state index in [9.17, 15) is 9.59 Å². The maximum Gasteiger partial charge on any atom is 0.263 e. The van der Waals surface area contributed by atoms with E-state index in [1.54, 1.807) is 11.3 Å². The number of aryl methyl sites for hydroxylation is 1. The monoisotopic (exact) mass is 389 g/mol. The fourth-order valence-electron chi connectivity index (χ4n) is 4.59. The third kappa shape index (κ3) is 4.54. The molecule has 5 nitrogen and oxygen atoms in total. The summed E-state index contributed by atoms with van der Waals surface area (Å²) in [6.07, 6.45) is 8.78. The van der Waals surface area contributed by atoms with Gasteiger partial charge in [-0.1, -0.05) is 6.42 Å². The molecule has 6 heteroatoms. The number of rotatable bonds is 5. The molecule has 2 saturated heterocycles. The van der Waals surface area contributed by atoms with Crippen LogP contribution in [0.5, 0.6) is 0 Å². The molecule has 0 bridgehead atoms. The van der Waals surface area contributed by atoms with Crippen molar-refractivity contribution >= 4 is 23.2 Å². The van der Waals surface area contributed by atoms with Crippen molar-refractivity contribution in [1.82, 2.24) is 15.1 Å². The Morgan fingerprint density at radius 2 is 1.81 bits per heavy atom. The smallest absolute Gasteiger partial charge is 0.263 e. The second-order valence-corrected chi connectivity index (χ2v) is 9.33. The molecule has 1 aliphatic carbocycles. The van der Waals surface area contributed by atoms with E-state index in [2.05, 4.69) is 16.3 Å². The van der Waals surface area contributed by atoms with Gasteiger partial charge in [0.05, 0.1) is 4.88 Å². The van der Waals surface area contributed by atoms with Crippen molar-refractivity contribution in [3.8, 4) is 0 Å². The quantitative estimate of drug-likeness (QED) is 0.842. The van der Waals surface area contributed by atoms with E-state index in [0.29, 0.717) is 0 Å². The Hall–Kier alpha value is -1.40. The van der Waals surface area contributed by atoms with Gasteiger partial charge in [-0.3, -0.25) is 9.59 Å². The summed E-state index contributed by atoms with van der Waals surface area (Å²) in [6.45, 7) is 5.85. The molecular formula is C21H31N3O2S. The fraction of sp³-hybridized carbons (Fsp3) is 0.714. The predicted molar refractivity (Wildman–Crippen MR) is 108 cm³/mol. The first-order valence-corrected chi connectivity index (χ1v) is 11.4. The van der Waals surface area contributed by atoms with Gasteiger partial charge in [-0.25, -0.2) is 0 Å². The first kappa shape index (κ1) is 18.9. The van der Waals surface area contributed by atoms with Crippen LogP contribution in [-0.4, -0.2) is 60.9 Å². The molecule has 2 aliphatic heterocycles. The normalized spacial score (nSPS) is 23.3. The molecule has 1 unspecified atom stereocenters. The topological polar surface area (TPSA) is 52.7 Å². The Labute approximate surface area is 166 Å². The lowest BCUT2D eigenvalue weighted by atomic mass is 9.87. The van der Waals surface area contributed by atoms with Gasteiger partial charge in [0.2, 0.25) is 5.91 Å². The first-order chi connectivity index (χ1) is 13.2. The van der Waals surface area contributed by atoms with Crippen LogP contribution in [0.1, 0.15) is 58.6 Å². The zero-order valence-electron chi connectivity index (χ0n) is 16.2. The molecule has 148 valence electrons. The Kier molecular flexibility index (Phi) is 6.13. The summed E-state index contributed by atoms with van der Waals surface area (Å²) in [7, 11) is 0. The fourth-order valence-corrected chi connectivity index (χ4v) is 5.77. The molecule has 0 spiro atoms. The number of hydrogen-bond acceptors (Lipinski definition) is 4. The molecule has 1 N–H and O–H groups in total. The van der Waals surface area contributed by atoms with Gasteiger partial charge >= 0.3 is 0 Å². The Morgan fingerprint density at radius 1 is 1.07 bits per heavy atom. The Bertz CT molecular complexity index is 675. The average Bonchev–Trinajstić information content (AvgIpc) is 3.37. The lowest BCUT2D eigenvalue weighted by Gasteiger charge is -2.27. The van der Waals surface area contributed by atoms with Crippen LogP contribution in [-0.2, 0) is 17.6 Å². The molecule has 27 heavy (non-hydrogen) atoms. The van der Waals surface area contributed by atoms with E-state index in [-0.39, 0.29) is 17.7 Å². The van der Waals surface area contributed by atoms with E-state index in [0.717, 1.165) is 63.2 Å². The summed E-state index contributed by atoms with van der Waals surface area (Å²) >= 11 is 1.65. The van der Waals surface area contributed by atoms with Crippen LogP contribution in [0.15, 0.2) is 6.07 Å². The van der Waals surface area contributed by atoms with Gasteiger partial charge < -0.3 is 15.1 Å². The van der Waals surface area contributed by atoms with E-state index < -0.39 is 0 Å². The largest absolute Gasteiger partial charge is 0.355 e. The molecule has 3 aliphatic rings. The molecule has 1 aromatic rings. The molecule has 0 aromatic carbocycles. The Balaban J connectivity index is 1.28. The van der Waals surface area contributed by atoms with Crippen molar-refractivity contribution in [3.63, 3.8) is 0 Å². The summed E-state index contributed by atoms with van der Waals surface area (Å²) < 4.78 is 0. The minimum atomic E-state index is 0.0585. The molecule has 0 saturated carbocycles. The molecular weight excluding hydrogens is 358 g/mol. The van der Waals surface area contributed by atoms with Gasteiger partial charge in [0.1, 0.15) is 0 Å². The predicted octanol–water partition coefficient (Wildman–Crippen LogP) is 2.69. The van der Waals surface area contributed by atoms with Crippen LogP contribution in [0.3, 0.4) is 0 Å². The number of piperidine rings is 1. The summed E-state index contributed by atoms with van der Waals surface area (Å²) in [5.41, 5.74) is 1.23. The first-order valence-electron chi connectivity index (χ1n) is 10.6. The van der Waals surface area contributed by atoms with E-state index >= 15 is 0 Å². The van der Waals surface area contributed by atoms with Crippen molar-refractivity contribution in [1.29, 1.82) is 0 Å². The molecule has 1 aromatic heterocycles. The van der Waals surface area contributed by atoms with E-state index in [4.69, 9.17) is 0 Å². The van der Waals surface area contributed by atoms with Crippen LogP contribution >= 0.6 is 11.3 Å². The highest BCUT2D eigenvalue weighted by atomic mass is 32.1. The van der Waals surface area contributed by atoms with Crippen LogP contribution in [0.25, 0.3) is 0 Å². The minimum absolute atomic E-state index is 0.0585. The van der Waals surface area contributed by atoms with Gasteiger partial charge in [0.25, 0.3) is 5.91 Å². The van der Waals surface area contributed by atoms with Crippen molar-refractivity contribution in [2.24, 2.45) is 5.92 Å². The number of amides is 2. The molecule has 2 amide bonds. The summed E-state index contributed by atoms with van der Waals surface area (Å²) in [6, 6.07) is 2.06. The van der Waals surface area contributed by atoms with E-state index in [1.165, 1.54) is 42.8 Å². The van der Waals surface area contributed by atoms with E-state index in [1.807, 2.05) is 4.90 Å². The lowest BCUT2D eigenvalue weighted by Crippen LogP contribution is -2.40. The molecule has 1 atom stereocenters. The second kappa shape index (κ2) is 8.74. The number of fused-ring (bicyclic) bond motifs is 1. The minimum Gasteiger partial charge on any atom is -0.355 e.